The molecule has 2 amide bonds. The SMILES string of the molecule is CC(C)c1ccccc1NC(=O)C(=O)Nc1ccc(Cl)c(C(F)(F)F)c1. The van der Waals surface area contributed by atoms with Crippen molar-refractivity contribution in [1.29, 1.82) is 0 Å². The lowest BCUT2D eigenvalue weighted by Gasteiger charge is -2.14. The van der Waals surface area contributed by atoms with Crippen molar-refractivity contribution in [1.82, 2.24) is 0 Å². The van der Waals surface area contributed by atoms with Crippen LogP contribution in [-0.4, -0.2) is 11.8 Å². The largest absolute Gasteiger partial charge is 0.417 e. The number of rotatable bonds is 3. The van der Waals surface area contributed by atoms with Gasteiger partial charge in [0, 0.05) is 11.4 Å². The van der Waals surface area contributed by atoms with Crippen molar-refractivity contribution in [2.75, 3.05) is 10.6 Å². The minimum absolute atomic E-state index is 0.111. The molecule has 2 aromatic carbocycles. The number of benzene rings is 2. The predicted molar refractivity (Wildman–Crippen MR) is 94.2 cm³/mol. The molecular weight excluding hydrogens is 369 g/mol. The van der Waals surface area contributed by atoms with Gasteiger partial charge in [0.05, 0.1) is 10.6 Å². The Bertz CT molecular complexity index is 835. The van der Waals surface area contributed by atoms with Gasteiger partial charge < -0.3 is 10.6 Å². The second-order valence-electron chi connectivity index (χ2n) is 5.84. The van der Waals surface area contributed by atoms with Crippen LogP contribution in [0.15, 0.2) is 42.5 Å². The summed E-state index contributed by atoms with van der Waals surface area (Å²) >= 11 is 5.52. The molecule has 0 unspecified atom stereocenters. The van der Waals surface area contributed by atoms with E-state index < -0.39 is 28.6 Å². The zero-order chi connectivity index (χ0) is 19.5. The maximum absolute atomic E-state index is 12.9. The molecule has 0 heterocycles. The number of para-hydroxylation sites is 1. The summed E-state index contributed by atoms with van der Waals surface area (Å²) in [5.41, 5.74) is 0.0239. The monoisotopic (exact) mass is 384 g/mol. The molecule has 0 spiro atoms. The van der Waals surface area contributed by atoms with Crippen LogP contribution >= 0.6 is 11.6 Å². The molecule has 0 aliphatic heterocycles. The molecule has 0 aliphatic carbocycles. The van der Waals surface area contributed by atoms with Crippen molar-refractivity contribution in [3.05, 3.63) is 58.6 Å². The summed E-state index contributed by atoms with van der Waals surface area (Å²) in [4.78, 5) is 24.1. The zero-order valence-corrected chi connectivity index (χ0v) is 14.7. The van der Waals surface area contributed by atoms with Gasteiger partial charge in [-0.2, -0.15) is 13.2 Å². The third kappa shape index (κ3) is 4.76. The molecule has 2 rings (SSSR count). The standard InChI is InChI=1S/C18H16ClF3N2O2/c1-10(2)12-5-3-4-6-15(12)24-17(26)16(25)23-11-7-8-14(19)13(9-11)18(20,21)22/h3-10H,1-2H3,(H,23,25)(H,24,26). The number of hydrogen-bond donors (Lipinski definition) is 2. The van der Waals surface area contributed by atoms with E-state index in [1.54, 1.807) is 18.2 Å². The Kier molecular flexibility index (Phi) is 5.92. The Labute approximate surface area is 153 Å². The molecule has 2 N–H and O–H groups in total. The topological polar surface area (TPSA) is 58.2 Å². The lowest BCUT2D eigenvalue weighted by Crippen LogP contribution is -2.29. The van der Waals surface area contributed by atoms with Gasteiger partial charge in [-0.1, -0.05) is 43.6 Å². The van der Waals surface area contributed by atoms with Gasteiger partial charge in [-0.05, 0) is 35.7 Å². The van der Waals surface area contributed by atoms with E-state index in [4.69, 9.17) is 11.6 Å². The quantitative estimate of drug-likeness (QED) is 0.727. The number of nitrogens with one attached hydrogen (secondary N) is 2. The first-order valence-corrected chi connectivity index (χ1v) is 8.05. The van der Waals surface area contributed by atoms with Gasteiger partial charge in [0.25, 0.3) is 0 Å². The van der Waals surface area contributed by atoms with Crippen LogP contribution in [-0.2, 0) is 15.8 Å². The van der Waals surface area contributed by atoms with Gasteiger partial charge in [0.2, 0.25) is 0 Å². The highest BCUT2D eigenvalue weighted by Gasteiger charge is 2.33. The first-order valence-electron chi connectivity index (χ1n) is 7.67. The van der Waals surface area contributed by atoms with Crippen LogP contribution in [0.3, 0.4) is 0 Å². The van der Waals surface area contributed by atoms with Crippen LogP contribution < -0.4 is 10.6 Å². The first-order chi connectivity index (χ1) is 12.1. The van der Waals surface area contributed by atoms with Gasteiger partial charge in [0.1, 0.15) is 0 Å². The molecule has 0 bridgehead atoms. The Morgan fingerprint density at radius 1 is 1.00 bits per heavy atom. The summed E-state index contributed by atoms with van der Waals surface area (Å²) in [6.45, 7) is 3.86. The average Bonchev–Trinajstić information content (AvgIpc) is 2.55. The van der Waals surface area contributed by atoms with Gasteiger partial charge in [-0.3, -0.25) is 9.59 Å². The number of halogens is 4. The molecule has 138 valence electrons. The second-order valence-corrected chi connectivity index (χ2v) is 6.25. The number of carbonyl (C=O) groups is 2. The lowest BCUT2D eigenvalue weighted by atomic mass is 10.0. The highest BCUT2D eigenvalue weighted by atomic mass is 35.5. The fourth-order valence-electron chi connectivity index (χ4n) is 2.30. The Morgan fingerprint density at radius 3 is 2.23 bits per heavy atom. The molecule has 0 saturated carbocycles. The first kappa shape index (κ1) is 19.8. The molecule has 8 heteroatoms. The Balaban J connectivity index is 2.15. The maximum atomic E-state index is 12.9. The van der Waals surface area contributed by atoms with Crippen LogP contribution in [0.4, 0.5) is 24.5 Å². The minimum Gasteiger partial charge on any atom is -0.318 e. The fraction of sp³-hybridized carbons (Fsp3) is 0.222. The second kappa shape index (κ2) is 7.78. The molecule has 0 aromatic heterocycles. The highest BCUT2D eigenvalue weighted by molar-refractivity contribution is 6.43. The molecule has 0 saturated heterocycles. The van der Waals surface area contributed by atoms with Crippen LogP contribution in [0.5, 0.6) is 0 Å². The van der Waals surface area contributed by atoms with Gasteiger partial charge in [-0.15, -0.1) is 0 Å². The molecule has 0 atom stereocenters. The molecule has 0 aliphatic rings. The van der Waals surface area contributed by atoms with Gasteiger partial charge in [-0.25, -0.2) is 0 Å². The highest BCUT2D eigenvalue weighted by Crippen LogP contribution is 2.36. The number of amides is 2. The summed E-state index contributed by atoms with van der Waals surface area (Å²) in [5.74, 6) is -1.96. The molecule has 26 heavy (non-hydrogen) atoms. The van der Waals surface area contributed by atoms with Crippen molar-refractivity contribution in [2.45, 2.75) is 25.9 Å². The number of carbonyl (C=O) groups excluding carboxylic acids is 2. The van der Waals surface area contributed by atoms with Crippen molar-refractivity contribution in [2.24, 2.45) is 0 Å². The van der Waals surface area contributed by atoms with E-state index in [1.165, 1.54) is 6.07 Å². The number of anilines is 2. The number of alkyl halides is 3. The van der Waals surface area contributed by atoms with Gasteiger partial charge >= 0.3 is 18.0 Å². The molecule has 2 aromatic rings. The van der Waals surface area contributed by atoms with Crippen molar-refractivity contribution >= 4 is 34.8 Å². The van der Waals surface area contributed by atoms with Crippen LogP contribution in [0.25, 0.3) is 0 Å². The Hall–Kier alpha value is -2.54. The third-order valence-corrected chi connectivity index (χ3v) is 3.90. The summed E-state index contributed by atoms with van der Waals surface area (Å²) in [5, 5.41) is 4.11. The zero-order valence-electron chi connectivity index (χ0n) is 13.9. The summed E-state index contributed by atoms with van der Waals surface area (Å²) in [6, 6.07) is 9.83. The van der Waals surface area contributed by atoms with Crippen molar-refractivity contribution in [3.8, 4) is 0 Å². The van der Waals surface area contributed by atoms with E-state index in [9.17, 15) is 22.8 Å². The molecule has 0 fully saturated rings. The van der Waals surface area contributed by atoms with E-state index >= 15 is 0 Å². The summed E-state index contributed by atoms with van der Waals surface area (Å²) in [6.07, 6.45) is -4.67. The predicted octanol–water partition coefficient (Wildman–Crippen LogP) is 5.06. The van der Waals surface area contributed by atoms with E-state index in [0.29, 0.717) is 11.8 Å². The molecular formula is C18H16ClF3N2O2. The smallest absolute Gasteiger partial charge is 0.318 e. The van der Waals surface area contributed by atoms with Crippen LogP contribution in [0.1, 0.15) is 30.9 Å². The van der Waals surface area contributed by atoms with E-state index in [-0.39, 0.29) is 11.6 Å². The fourth-order valence-corrected chi connectivity index (χ4v) is 2.53. The van der Waals surface area contributed by atoms with Gasteiger partial charge in [0.15, 0.2) is 0 Å². The lowest BCUT2D eigenvalue weighted by molar-refractivity contribution is -0.137. The molecule has 4 nitrogen and oxygen atoms in total. The summed E-state index contributed by atoms with van der Waals surface area (Å²) < 4.78 is 38.6. The maximum Gasteiger partial charge on any atom is 0.417 e. The van der Waals surface area contributed by atoms with Crippen LogP contribution in [0, 0.1) is 0 Å². The van der Waals surface area contributed by atoms with Crippen LogP contribution in [0.2, 0.25) is 5.02 Å². The van der Waals surface area contributed by atoms with E-state index in [0.717, 1.165) is 11.6 Å². The number of hydrogen-bond acceptors (Lipinski definition) is 2. The Morgan fingerprint density at radius 2 is 1.62 bits per heavy atom. The average molecular weight is 385 g/mol. The van der Waals surface area contributed by atoms with Crippen molar-refractivity contribution in [3.63, 3.8) is 0 Å². The van der Waals surface area contributed by atoms with E-state index in [2.05, 4.69) is 10.6 Å². The molecule has 0 radical (unpaired) electrons. The third-order valence-electron chi connectivity index (χ3n) is 3.57. The van der Waals surface area contributed by atoms with Crippen molar-refractivity contribution < 1.29 is 22.8 Å². The normalized spacial score (nSPS) is 11.3. The minimum atomic E-state index is -4.67. The van der Waals surface area contributed by atoms with E-state index in [1.807, 2.05) is 19.9 Å². The summed E-state index contributed by atoms with van der Waals surface area (Å²) in [7, 11) is 0.